The van der Waals surface area contributed by atoms with Gasteiger partial charge in [0.15, 0.2) is 5.82 Å². The first-order valence-corrected chi connectivity index (χ1v) is 12.3. The number of nitrogens with zero attached hydrogens (tertiary/aromatic N) is 5. The van der Waals surface area contributed by atoms with Gasteiger partial charge in [-0.15, -0.1) is 16.9 Å². The van der Waals surface area contributed by atoms with Crippen molar-refractivity contribution in [2.75, 3.05) is 24.5 Å². The molecule has 1 aromatic heterocycles. The van der Waals surface area contributed by atoms with E-state index < -0.39 is 0 Å². The molecule has 1 amide bonds. The van der Waals surface area contributed by atoms with Crippen LogP contribution in [0.5, 0.6) is 0 Å². The zero-order valence-electron chi connectivity index (χ0n) is 19.4. The molecule has 1 N–H and O–H groups in total. The molecule has 0 unspecified atom stereocenters. The number of carbonyl (C=O) groups is 1. The number of hydrogen-bond acceptors (Lipinski definition) is 6. The lowest BCUT2D eigenvalue weighted by Crippen LogP contribution is -2.35. The number of hydrogen-bond donors (Lipinski definition) is 1. The fourth-order valence-corrected chi connectivity index (χ4v) is 4.71. The third-order valence-corrected chi connectivity index (χ3v) is 6.60. The number of aryl methyl sites for hydroxylation is 1. The highest BCUT2D eigenvalue weighted by Gasteiger charge is 2.15. The zero-order valence-corrected chi connectivity index (χ0v) is 20.2. The molecule has 0 fully saturated rings. The summed E-state index contributed by atoms with van der Waals surface area (Å²) in [5.41, 5.74) is 4.00. The zero-order chi connectivity index (χ0) is 23.8. The van der Waals surface area contributed by atoms with E-state index in [1.54, 1.807) is 16.4 Å². The summed E-state index contributed by atoms with van der Waals surface area (Å²) in [6.45, 7) is 6.42. The van der Waals surface area contributed by atoms with E-state index in [0.29, 0.717) is 17.9 Å². The second kappa shape index (κ2) is 11.5. The molecule has 7 nitrogen and oxygen atoms in total. The van der Waals surface area contributed by atoms with Crippen LogP contribution in [0, 0.1) is 6.92 Å². The Bertz CT molecular complexity index is 1230. The molecule has 4 aromatic rings. The lowest BCUT2D eigenvalue weighted by Gasteiger charge is -2.25. The number of rotatable bonds is 10. The minimum Gasteiger partial charge on any atom is -0.370 e. The topological polar surface area (TPSA) is 75.9 Å². The Morgan fingerprint density at radius 3 is 2.53 bits per heavy atom. The van der Waals surface area contributed by atoms with Crippen LogP contribution in [0.1, 0.15) is 28.7 Å². The molecule has 0 saturated heterocycles. The van der Waals surface area contributed by atoms with E-state index in [9.17, 15) is 4.79 Å². The number of carbonyl (C=O) groups excluding carboxylic acids is 1. The van der Waals surface area contributed by atoms with Crippen molar-refractivity contribution in [1.82, 2.24) is 25.5 Å². The maximum absolute atomic E-state index is 13.0. The van der Waals surface area contributed by atoms with Crippen molar-refractivity contribution in [2.24, 2.45) is 0 Å². The lowest BCUT2D eigenvalue weighted by atomic mass is 10.2. The van der Waals surface area contributed by atoms with Gasteiger partial charge >= 0.3 is 0 Å². The van der Waals surface area contributed by atoms with Gasteiger partial charge in [0.25, 0.3) is 5.91 Å². The second-order valence-electron chi connectivity index (χ2n) is 7.75. The van der Waals surface area contributed by atoms with Crippen LogP contribution in [0.2, 0.25) is 0 Å². The van der Waals surface area contributed by atoms with Gasteiger partial charge in [-0.3, -0.25) is 4.79 Å². The van der Waals surface area contributed by atoms with Gasteiger partial charge in [0, 0.05) is 30.2 Å². The van der Waals surface area contributed by atoms with E-state index in [1.807, 2.05) is 66.7 Å². The van der Waals surface area contributed by atoms with Crippen LogP contribution >= 0.6 is 11.8 Å². The van der Waals surface area contributed by atoms with Crippen molar-refractivity contribution >= 4 is 23.4 Å². The summed E-state index contributed by atoms with van der Waals surface area (Å²) in [4.78, 5) is 16.2. The number of nitrogens with one attached hydrogen (secondary N) is 1. The smallest absolute Gasteiger partial charge is 0.252 e. The van der Waals surface area contributed by atoms with Crippen LogP contribution < -0.4 is 10.2 Å². The minimum absolute atomic E-state index is 0.0772. The molecule has 0 aliphatic carbocycles. The normalized spacial score (nSPS) is 10.8. The highest BCUT2D eigenvalue weighted by atomic mass is 32.2. The van der Waals surface area contributed by atoms with E-state index in [-0.39, 0.29) is 5.91 Å². The van der Waals surface area contributed by atoms with Gasteiger partial charge in [0.1, 0.15) is 0 Å². The van der Waals surface area contributed by atoms with Gasteiger partial charge in [-0.05, 0) is 60.2 Å². The molecule has 0 atom stereocenters. The SMILES string of the molecule is CCN(CCNC(=O)c1ccccc1SCc1nnnn1-c1ccccc1)c1ccccc1C. The Morgan fingerprint density at radius 2 is 1.74 bits per heavy atom. The van der Waals surface area contributed by atoms with Gasteiger partial charge in [-0.25, -0.2) is 0 Å². The molecule has 34 heavy (non-hydrogen) atoms. The summed E-state index contributed by atoms with van der Waals surface area (Å²) in [6.07, 6.45) is 0. The van der Waals surface area contributed by atoms with Crippen molar-refractivity contribution in [3.63, 3.8) is 0 Å². The van der Waals surface area contributed by atoms with Crippen LogP contribution in [0.25, 0.3) is 5.69 Å². The van der Waals surface area contributed by atoms with Crippen molar-refractivity contribution in [1.29, 1.82) is 0 Å². The maximum atomic E-state index is 13.0. The van der Waals surface area contributed by atoms with E-state index in [1.165, 1.54) is 11.3 Å². The summed E-state index contributed by atoms with van der Waals surface area (Å²) >= 11 is 1.55. The van der Waals surface area contributed by atoms with Gasteiger partial charge in [-0.1, -0.05) is 48.5 Å². The quantitative estimate of drug-likeness (QED) is 0.342. The van der Waals surface area contributed by atoms with Crippen LogP contribution in [-0.4, -0.2) is 45.7 Å². The van der Waals surface area contributed by atoms with Crippen molar-refractivity contribution in [3.8, 4) is 5.69 Å². The summed E-state index contributed by atoms with van der Waals surface area (Å²) in [5, 5.41) is 15.2. The number of thioether (sulfide) groups is 1. The number of para-hydroxylation sites is 2. The average Bonchev–Trinajstić information content (AvgIpc) is 3.35. The number of tetrazole rings is 1. The minimum atomic E-state index is -0.0772. The number of amides is 1. The second-order valence-corrected chi connectivity index (χ2v) is 8.77. The number of likely N-dealkylation sites (N-methyl/N-ethyl adjacent to an activating group) is 1. The van der Waals surface area contributed by atoms with Crippen molar-refractivity contribution in [3.05, 3.63) is 95.8 Å². The van der Waals surface area contributed by atoms with Crippen LogP contribution in [-0.2, 0) is 5.75 Å². The largest absolute Gasteiger partial charge is 0.370 e. The van der Waals surface area contributed by atoms with E-state index in [4.69, 9.17) is 0 Å². The van der Waals surface area contributed by atoms with E-state index in [2.05, 4.69) is 51.7 Å². The predicted octanol–water partition coefficient (Wildman–Crippen LogP) is 4.52. The fraction of sp³-hybridized carbons (Fsp3) is 0.231. The fourth-order valence-electron chi connectivity index (χ4n) is 3.75. The molecule has 3 aromatic carbocycles. The Balaban J connectivity index is 1.38. The molecule has 0 saturated carbocycles. The van der Waals surface area contributed by atoms with Gasteiger partial charge in [-0.2, -0.15) is 4.68 Å². The Kier molecular flexibility index (Phi) is 7.93. The molecule has 4 rings (SSSR count). The Labute approximate surface area is 204 Å². The van der Waals surface area contributed by atoms with Crippen molar-refractivity contribution in [2.45, 2.75) is 24.5 Å². The van der Waals surface area contributed by atoms with Gasteiger partial charge in [0.2, 0.25) is 0 Å². The first-order valence-electron chi connectivity index (χ1n) is 11.3. The highest BCUT2D eigenvalue weighted by molar-refractivity contribution is 7.98. The van der Waals surface area contributed by atoms with E-state index in [0.717, 1.165) is 29.5 Å². The predicted molar refractivity (Wildman–Crippen MR) is 137 cm³/mol. The van der Waals surface area contributed by atoms with Crippen LogP contribution in [0.4, 0.5) is 5.69 Å². The first-order chi connectivity index (χ1) is 16.7. The lowest BCUT2D eigenvalue weighted by molar-refractivity contribution is 0.0951. The Morgan fingerprint density at radius 1 is 1.00 bits per heavy atom. The summed E-state index contributed by atoms with van der Waals surface area (Å²) in [7, 11) is 0. The third kappa shape index (κ3) is 5.63. The molecule has 0 aliphatic rings. The van der Waals surface area contributed by atoms with Crippen LogP contribution in [0.15, 0.2) is 83.8 Å². The standard InChI is InChI=1S/C26H28N6OS/c1-3-31(23-15-9-7-11-20(23)2)18-17-27-26(33)22-14-8-10-16-24(22)34-19-25-28-29-30-32(25)21-12-5-4-6-13-21/h4-16H,3,17-19H2,1-2H3,(H,27,33). The number of benzene rings is 3. The molecule has 8 heteroatoms. The first kappa shape index (κ1) is 23.5. The van der Waals surface area contributed by atoms with Crippen LogP contribution in [0.3, 0.4) is 0 Å². The molecule has 1 heterocycles. The average molecular weight is 473 g/mol. The van der Waals surface area contributed by atoms with Gasteiger partial charge < -0.3 is 10.2 Å². The maximum Gasteiger partial charge on any atom is 0.252 e. The van der Waals surface area contributed by atoms with E-state index >= 15 is 0 Å². The molecule has 0 radical (unpaired) electrons. The monoisotopic (exact) mass is 472 g/mol. The molecular formula is C26H28N6OS. The molecule has 0 aliphatic heterocycles. The van der Waals surface area contributed by atoms with Crippen molar-refractivity contribution < 1.29 is 4.79 Å². The summed E-state index contributed by atoms with van der Waals surface area (Å²) in [6, 6.07) is 25.7. The molecule has 174 valence electrons. The molecular weight excluding hydrogens is 444 g/mol. The summed E-state index contributed by atoms with van der Waals surface area (Å²) < 4.78 is 1.72. The third-order valence-electron chi connectivity index (χ3n) is 5.53. The highest BCUT2D eigenvalue weighted by Crippen LogP contribution is 2.26. The summed E-state index contributed by atoms with van der Waals surface area (Å²) in [5.74, 6) is 1.19. The number of anilines is 1. The molecule has 0 bridgehead atoms. The van der Waals surface area contributed by atoms with Gasteiger partial charge in [0.05, 0.1) is 17.0 Å². The Hall–Kier alpha value is -3.65. The molecule has 0 spiro atoms. The number of aromatic nitrogens is 4.